The van der Waals surface area contributed by atoms with E-state index in [1.54, 1.807) is 13.8 Å². The van der Waals surface area contributed by atoms with Gasteiger partial charge in [-0.2, -0.15) is 13.2 Å². The van der Waals surface area contributed by atoms with E-state index in [9.17, 15) is 18.0 Å². The molecule has 8 heteroatoms. The Morgan fingerprint density at radius 1 is 1.00 bits per heavy atom. The molecule has 0 bridgehead atoms. The minimum absolute atomic E-state index is 0.0232. The summed E-state index contributed by atoms with van der Waals surface area (Å²) in [6, 6.07) is 18.8. The Labute approximate surface area is 178 Å². The third-order valence-corrected chi connectivity index (χ3v) is 4.54. The maximum atomic E-state index is 12.8. The van der Waals surface area contributed by atoms with Crippen LogP contribution in [0.2, 0.25) is 0 Å². The van der Waals surface area contributed by atoms with E-state index in [0.29, 0.717) is 18.0 Å². The molecule has 3 rings (SSSR count). The Hall–Kier alpha value is -3.39. The second-order valence-corrected chi connectivity index (χ2v) is 7.38. The van der Waals surface area contributed by atoms with E-state index in [2.05, 4.69) is 15.6 Å². The molecule has 2 aromatic carbocycles. The Bertz CT molecular complexity index is 1040. The fourth-order valence-electron chi connectivity index (χ4n) is 2.71. The summed E-state index contributed by atoms with van der Waals surface area (Å²) >= 11 is 0. The summed E-state index contributed by atoms with van der Waals surface area (Å²) in [7, 11) is 0. The number of rotatable bonds is 7. The number of hydrogen-bond acceptors (Lipinski definition) is 4. The molecule has 0 spiro atoms. The van der Waals surface area contributed by atoms with Crippen LogP contribution in [0.5, 0.6) is 11.5 Å². The van der Waals surface area contributed by atoms with Crippen molar-refractivity contribution >= 4 is 11.6 Å². The number of halogens is 3. The molecular weight excluding hydrogens is 407 g/mol. The summed E-state index contributed by atoms with van der Waals surface area (Å²) in [5.41, 5.74) is -1.28. The molecule has 162 valence electrons. The van der Waals surface area contributed by atoms with Crippen molar-refractivity contribution < 1.29 is 22.7 Å². The summed E-state index contributed by atoms with van der Waals surface area (Å²) in [6.07, 6.45) is -3.58. The van der Waals surface area contributed by atoms with Gasteiger partial charge < -0.3 is 10.1 Å². The van der Waals surface area contributed by atoms with Crippen molar-refractivity contribution in [2.24, 2.45) is 0 Å². The first-order chi connectivity index (χ1) is 14.6. The van der Waals surface area contributed by atoms with Crippen LogP contribution >= 0.6 is 0 Å². The van der Waals surface area contributed by atoms with Crippen molar-refractivity contribution in [1.29, 1.82) is 0 Å². The number of ether oxygens (including phenoxy) is 1. The van der Waals surface area contributed by atoms with Gasteiger partial charge in [0.1, 0.15) is 17.2 Å². The average molecular weight is 429 g/mol. The third-order valence-electron chi connectivity index (χ3n) is 4.54. The second-order valence-electron chi connectivity index (χ2n) is 7.38. The lowest BCUT2D eigenvalue weighted by Gasteiger charge is -2.26. The summed E-state index contributed by atoms with van der Waals surface area (Å²) in [5, 5.41) is 5.65. The number of pyridine rings is 1. The normalized spacial score (nSPS) is 11.8. The van der Waals surface area contributed by atoms with Crippen molar-refractivity contribution in [3.8, 4) is 11.5 Å². The van der Waals surface area contributed by atoms with Crippen molar-refractivity contribution in [2.75, 3.05) is 5.32 Å². The van der Waals surface area contributed by atoms with Crippen molar-refractivity contribution in [1.82, 2.24) is 10.3 Å². The molecule has 0 aliphatic heterocycles. The Balaban J connectivity index is 1.67. The number of alkyl halides is 3. The van der Waals surface area contributed by atoms with Gasteiger partial charge in [-0.05, 0) is 44.2 Å². The highest BCUT2D eigenvalue weighted by Gasteiger charge is 2.33. The lowest BCUT2D eigenvalue weighted by Crippen LogP contribution is -2.49. The highest BCUT2D eigenvalue weighted by atomic mass is 19.4. The van der Waals surface area contributed by atoms with Gasteiger partial charge in [0.2, 0.25) is 5.91 Å². The minimum Gasteiger partial charge on any atom is -0.457 e. The first-order valence-corrected chi connectivity index (χ1v) is 9.56. The lowest BCUT2D eigenvalue weighted by atomic mass is 10.0. The predicted octanol–water partition coefficient (Wildman–Crippen LogP) is 5.40. The van der Waals surface area contributed by atoms with E-state index in [1.807, 2.05) is 54.6 Å². The molecule has 3 aromatic rings. The van der Waals surface area contributed by atoms with Gasteiger partial charge in [-0.3, -0.25) is 15.1 Å². The van der Waals surface area contributed by atoms with Gasteiger partial charge in [0, 0.05) is 24.0 Å². The lowest BCUT2D eigenvalue weighted by molar-refractivity contribution is -0.141. The summed E-state index contributed by atoms with van der Waals surface area (Å²) in [6.45, 7) is 3.61. The van der Waals surface area contributed by atoms with Gasteiger partial charge in [-0.15, -0.1) is 0 Å². The smallest absolute Gasteiger partial charge is 0.433 e. The summed E-state index contributed by atoms with van der Waals surface area (Å²) < 4.78 is 44.4. The van der Waals surface area contributed by atoms with Crippen LogP contribution in [-0.2, 0) is 17.5 Å². The predicted molar refractivity (Wildman–Crippen MR) is 112 cm³/mol. The van der Waals surface area contributed by atoms with Crippen LogP contribution in [0.4, 0.5) is 18.9 Å². The standard InChI is InChI=1S/C23H22F3N3O2/c1-22(2,21(30)29-17-12-13-27-20(14-17)23(24,25)26)28-15-16-8-6-7-11-19(16)31-18-9-4-3-5-10-18/h3-14,28H,15H2,1-2H3,(H,27,29,30). The first kappa shape index (κ1) is 22.3. The Morgan fingerprint density at radius 2 is 1.68 bits per heavy atom. The number of amides is 1. The maximum Gasteiger partial charge on any atom is 0.433 e. The SMILES string of the molecule is CC(C)(NCc1ccccc1Oc1ccccc1)C(=O)Nc1ccnc(C(F)(F)F)c1. The number of nitrogens with one attached hydrogen (secondary N) is 2. The van der Waals surface area contributed by atoms with Gasteiger partial charge in [0.15, 0.2) is 0 Å². The van der Waals surface area contributed by atoms with Crippen LogP contribution in [0.1, 0.15) is 25.1 Å². The Kier molecular flexibility index (Phi) is 6.60. The molecular formula is C23H22F3N3O2. The maximum absolute atomic E-state index is 12.8. The van der Waals surface area contributed by atoms with E-state index in [-0.39, 0.29) is 5.69 Å². The van der Waals surface area contributed by atoms with Crippen LogP contribution in [0.3, 0.4) is 0 Å². The first-order valence-electron chi connectivity index (χ1n) is 9.56. The number of nitrogens with zero attached hydrogens (tertiary/aromatic N) is 1. The minimum atomic E-state index is -4.59. The molecule has 0 fully saturated rings. The van der Waals surface area contributed by atoms with Crippen LogP contribution < -0.4 is 15.4 Å². The van der Waals surface area contributed by atoms with Crippen LogP contribution in [0.25, 0.3) is 0 Å². The molecule has 0 saturated heterocycles. The fourth-order valence-corrected chi connectivity index (χ4v) is 2.71. The molecule has 1 amide bonds. The number of carbonyl (C=O) groups excluding carboxylic acids is 1. The molecule has 0 aliphatic carbocycles. The topological polar surface area (TPSA) is 63.2 Å². The fraction of sp³-hybridized carbons (Fsp3) is 0.217. The molecule has 5 nitrogen and oxygen atoms in total. The highest BCUT2D eigenvalue weighted by molar-refractivity contribution is 5.97. The molecule has 0 radical (unpaired) electrons. The van der Waals surface area contributed by atoms with E-state index in [4.69, 9.17) is 4.74 Å². The van der Waals surface area contributed by atoms with Gasteiger partial charge in [0.05, 0.1) is 5.54 Å². The van der Waals surface area contributed by atoms with Gasteiger partial charge in [-0.25, -0.2) is 0 Å². The zero-order valence-electron chi connectivity index (χ0n) is 17.0. The van der Waals surface area contributed by atoms with Crippen LogP contribution in [0.15, 0.2) is 72.9 Å². The number of aromatic nitrogens is 1. The molecule has 0 atom stereocenters. The molecule has 0 aliphatic rings. The molecule has 2 N–H and O–H groups in total. The van der Waals surface area contributed by atoms with E-state index < -0.39 is 23.3 Å². The largest absolute Gasteiger partial charge is 0.457 e. The molecule has 31 heavy (non-hydrogen) atoms. The highest BCUT2D eigenvalue weighted by Crippen LogP contribution is 2.29. The average Bonchev–Trinajstić information content (AvgIpc) is 2.73. The zero-order chi connectivity index (χ0) is 22.5. The van der Waals surface area contributed by atoms with E-state index in [0.717, 1.165) is 17.8 Å². The molecule has 1 heterocycles. The molecule has 1 aromatic heterocycles. The number of para-hydroxylation sites is 2. The number of hydrogen-bond donors (Lipinski definition) is 2. The quantitative estimate of drug-likeness (QED) is 0.528. The van der Waals surface area contributed by atoms with E-state index in [1.165, 1.54) is 6.07 Å². The number of carbonyl (C=O) groups is 1. The Morgan fingerprint density at radius 3 is 2.39 bits per heavy atom. The van der Waals surface area contributed by atoms with Gasteiger partial charge in [-0.1, -0.05) is 36.4 Å². The van der Waals surface area contributed by atoms with Gasteiger partial charge >= 0.3 is 6.18 Å². The molecule has 0 unspecified atom stereocenters. The van der Waals surface area contributed by atoms with Crippen molar-refractivity contribution in [2.45, 2.75) is 32.1 Å². The second kappa shape index (κ2) is 9.18. The van der Waals surface area contributed by atoms with E-state index >= 15 is 0 Å². The summed E-state index contributed by atoms with van der Waals surface area (Å²) in [4.78, 5) is 16.0. The molecule has 0 saturated carbocycles. The third kappa shape index (κ3) is 6.05. The monoisotopic (exact) mass is 429 g/mol. The van der Waals surface area contributed by atoms with Crippen LogP contribution in [-0.4, -0.2) is 16.4 Å². The van der Waals surface area contributed by atoms with Crippen molar-refractivity contribution in [3.63, 3.8) is 0 Å². The summed E-state index contributed by atoms with van der Waals surface area (Å²) in [5.74, 6) is 0.847. The van der Waals surface area contributed by atoms with Gasteiger partial charge in [0.25, 0.3) is 0 Å². The number of anilines is 1. The zero-order valence-corrected chi connectivity index (χ0v) is 17.0. The number of benzene rings is 2. The van der Waals surface area contributed by atoms with Crippen LogP contribution in [0, 0.1) is 0 Å². The van der Waals surface area contributed by atoms with Crippen molar-refractivity contribution in [3.05, 3.63) is 84.2 Å².